The van der Waals surface area contributed by atoms with Gasteiger partial charge in [0.25, 0.3) is 0 Å². The molecule has 0 saturated carbocycles. The summed E-state index contributed by atoms with van der Waals surface area (Å²) in [6, 6.07) is 15.0. The maximum absolute atomic E-state index is 11.9. The molecule has 0 atom stereocenters. The second kappa shape index (κ2) is 7.89. The summed E-state index contributed by atoms with van der Waals surface area (Å²) < 4.78 is 0. The van der Waals surface area contributed by atoms with E-state index in [-0.39, 0.29) is 0 Å². The van der Waals surface area contributed by atoms with Gasteiger partial charge in [0.05, 0.1) is 6.21 Å². The van der Waals surface area contributed by atoms with E-state index >= 15 is 0 Å². The van der Waals surface area contributed by atoms with Crippen LogP contribution in [0.1, 0.15) is 23.6 Å². The molecular weight excluding hydrogens is 290 g/mol. The van der Waals surface area contributed by atoms with Crippen LogP contribution in [0.25, 0.3) is 0 Å². The fraction of sp³-hybridized carbons (Fsp3) is 0.167. The number of hydrogen-bond donors (Lipinski definition) is 2. The molecule has 5 heteroatoms. The molecule has 2 amide bonds. The van der Waals surface area contributed by atoms with Crippen molar-refractivity contribution in [3.05, 3.63) is 65.2 Å². The molecule has 5 nitrogen and oxygen atoms in total. The van der Waals surface area contributed by atoms with Gasteiger partial charge in [0, 0.05) is 5.69 Å². The highest BCUT2D eigenvalue weighted by molar-refractivity contribution is 6.39. The number of hydrogen-bond acceptors (Lipinski definition) is 3. The summed E-state index contributed by atoms with van der Waals surface area (Å²) in [5.41, 5.74) is 5.81. The van der Waals surface area contributed by atoms with E-state index in [1.807, 2.05) is 56.3 Å². The average Bonchev–Trinajstić information content (AvgIpc) is 2.57. The minimum absolute atomic E-state index is 0.637. The predicted molar refractivity (Wildman–Crippen MR) is 91.4 cm³/mol. The molecule has 0 heterocycles. The molecule has 0 radical (unpaired) electrons. The number of aryl methyl sites for hydroxylation is 2. The van der Waals surface area contributed by atoms with E-state index in [1.54, 1.807) is 6.07 Å². The van der Waals surface area contributed by atoms with E-state index in [0.29, 0.717) is 5.69 Å². The number of benzene rings is 2. The molecule has 2 aromatic carbocycles. The van der Waals surface area contributed by atoms with E-state index in [9.17, 15) is 9.59 Å². The first kappa shape index (κ1) is 16.4. The second-order valence-electron chi connectivity index (χ2n) is 5.07. The summed E-state index contributed by atoms with van der Waals surface area (Å²) >= 11 is 0. The fourth-order valence-electron chi connectivity index (χ4n) is 2.00. The highest BCUT2D eigenvalue weighted by atomic mass is 16.2. The Kier molecular flexibility index (Phi) is 5.63. The van der Waals surface area contributed by atoms with E-state index in [2.05, 4.69) is 15.8 Å². The Morgan fingerprint density at radius 2 is 1.74 bits per heavy atom. The van der Waals surface area contributed by atoms with Crippen LogP contribution in [-0.4, -0.2) is 18.0 Å². The summed E-state index contributed by atoms with van der Waals surface area (Å²) in [4.78, 5) is 23.6. The third-order valence-corrected chi connectivity index (χ3v) is 3.31. The minimum Gasteiger partial charge on any atom is -0.317 e. The lowest BCUT2D eigenvalue weighted by Crippen LogP contribution is -2.32. The normalized spacial score (nSPS) is 10.5. The quantitative estimate of drug-likeness (QED) is 0.518. The van der Waals surface area contributed by atoms with Gasteiger partial charge in [-0.3, -0.25) is 9.59 Å². The Hall–Kier alpha value is -2.95. The van der Waals surface area contributed by atoms with E-state index < -0.39 is 11.8 Å². The molecular formula is C18H19N3O2. The molecule has 118 valence electrons. The summed E-state index contributed by atoms with van der Waals surface area (Å²) in [7, 11) is 0. The van der Waals surface area contributed by atoms with Crippen LogP contribution in [0.15, 0.2) is 53.6 Å². The predicted octanol–water partition coefficient (Wildman–Crippen LogP) is 2.65. The van der Waals surface area contributed by atoms with Crippen LogP contribution in [-0.2, 0) is 16.0 Å². The SMILES string of the molecule is CCc1ccccc1NC(=O)C(=O)NN=Cc1ccc(C)cc1. The lowest BCUT2D eigenvalue weighted by atomic mass is 10.1. The number of nitrogens with zero attached hydrogens (tertiary/aromatic N) is 1. The van der Waals surface area contributed by atoms with Crippen molar-refractivity contribution in [2.24, 2.45) is 5.10 Å². The van der Waals surface area contributed by atoms with Crippen LogP contribution in [0.2, 0.25) is 0 Å². The zero-order valence-corrected chi connectivity index (χ0v) is 13.2. The first-order valence-corrected chi connectivity index (χ1v) is 7.39. The van der Waals surface area contributed by atoms with Crippen molar-refractivity contribution in [1.29, 1.82) is 0 Å². The molecule has 0 unspecified atom stereocenters. The summed E-state index contributed by atoms with van der Waals surface area (Å²) in [5, 5.41) is 6.38. The molecule has 2 aromatic rings. The van der Waals surface area contributed by atoms with Crippen molar-refractivity contribution in [2.75, 3.05) is 5.32 Å². The zero-order chi connectivity index (χ0) is 16.7. The standard InChI is InChI=1S/C18H19N3O2/c1-3-15-6-4-5-7-16(15)20-17(22)18(23)21-19-12-14-10-8-13(2)9-11-14/h4-12H,3H2,1-2H3,(H,20,22)(H,21,23). The average molecular weight is 309 g/mol. The molecule has 0 aliphatic carbocycles. The molecule has 0 fully saturated rings. The van der Waals surface area contributed by atoms with Crippen molar-refractivity contribution < 1.29 is 9.59 Å². The number of para-hydroxylation sites is 1. The molecule has 23 heavy (non-hydrogen) atoms. The van der Waals surface area contributed by atoms with Crippen LogP contribution < -0.4 is 10.7 Å². The maximum atomic E-state index is 11.9. The van der Waals surface area contributed by atoms with Crippen molar-refractivity contribution in [3.63, 3.8) is 0 Å². The van der Waals surface area contributed by atoms with Gasteiger partial charge < -0.3 is 5.32 Å². The number of nitrogens with one attached hydrogen (secondary N) is 2. The smallest absolute Gasteiger partial charge is 0.317 e. The van der Waals surface area contributed by atoms with Gasteiger partial charge in [0.1, 0.15) is 0 Å². The third-order valence-electron chi connectivity index (χ3n) is 3.31. The Morgan fingerprint density at radius 1 is 1.04 bits per heavy atom. The molecule has 0 aromatic heterocycles. The maximum Gasteiger partial charge on any atom is 0.329 e. The van der Waals surface area contributed by atoms with Gasteiger partial charge in [0.15, 0.2) is 0 Å². The second-order valence-corrected chi connectivity index (χ2v) is 5.07. The van der Waals surface area contributed by atoms with Crippen LogP contribution >= 0.6 is 0 Å². The monoisotopic (exact) mass is 309 g/mol. The molecule has 2 N–H and O–H groups in total. The molecule has 2 rings (SSSR count). The largest absolute Gasteiger partial charge is 0.329 e. The molecule has 0 spiro atoms. The van der Waals surface area contributed by atoms with Crippen LogP contribution in [0, 0.1) is 6.92 Å². The van der Waals surface area contributed by atoms with Gasteiger partial charge in [-0.2, -0.15) is 5.10 Å². The van der Waals surface area contributed by atoms with Gasteiger partial charge in [-0.25, -0.2) is 5.43 Å². The number of hydrazone groups is 1. The van der Waals surface area contributed by atoms with Crippen LogP contribution in [0.4, 0.5) is 5.69 Å². The lowest BCUT2D eigenvalue weighted by Gasteiger charge is -2.08. The van der Waals surface area contributed by atoms with E-state index in [0.717, 1.165) is 23.1 Å². The van der Waals surface area contributed by atoms with Crippen LogP contribution in [0.3, 0.4) is 0 Å². The molecule has 0 saturated heterocycles. The minimum atomic E-state index is -0.806. The Labute approximate surface area is 135 Å². The third kappa shape index (κ3) is 4.78. The first-order valence-electron chi connectivity index (χ1n) is 7.39. The highest BCUT2D eigenvalue weighted by Gasteiger charge is 2.14. The number of rotatable bonds is 4. The van der Waals surface area contributed by atoms with Crippen molar-refractivity contribution in [3.8, 4) is 0 Å². The Balaban J connectivity index is 1.92. The number of anilines is 1. The molecule has 0 aliphatic heterocycles. The fourth-order valence-corrected chi connectivity index (χ4v) is 2.00. The van der Waals surface area contributed by atoms with Crippen molar-refractivity contribution in [1.82, 2.24) is 5.43 Å². The van der Waals surface area contributed by atoms with Crippen LogP contribution in [0.5, 0.6) is 0 Å². The van der Waals surface area contributed by atoms with E-state index in [1.165, 1.54) is 6.21 Å². The lowest BCUT2D eigenvalue weighted by molar-refractivity contribution is -0.136. The summed E-state index contributed by atoms with van der Waals surface area (Å²) in [6.45, 7) is 3.97. The summed E-state index contributed by atoms with van der Waals surface area (Å²) in [6.07, 6.45) is 2.26. The van der Waals surface area contributed by atoms with Gasteiger partial charge in [-0.1, -0.05) is 55.0 Å². The topological polar surface area (TPSA) is 70.6 Å². The number of carbonyl (C=O) groups is 2. The van der Waals surface area contributed by atoms with Gasteiger partial charge in [-0.15, -0.1) is 0 Å². The molecule has 0 bridgehead atoms. The van der Waals surface area contributed by atoms with Gasteiger partial charge >= 0.3 is 11.8 Å². The van der Waals surface area contributed by atoms with Gasteiger partial charge in [-0.05, 0) is 30.5 Å². The number of carbonyl (C=O) groups excluding carboxylic acids is 2. The number of amides is 2. The van der Waals surface area contributed by atoms with E-state index in [4.69, 9.17) is 0 Å². The Bertz CT molecular complexity index is 721. The van der Waals surface area contributed by atoms with Gasteiger partial charge in [0.2, 0.25) is 0 Å². The summed E-state index contributed by atoms with van der Waals surface area (Å²) in [5.74, 6) is -1.55. The zero-order valence-electron chi connectivity index (χ0n) is 13.2. The Morgan fingerprint density at radius 3 is 2.43 bits per heavy atom. The van der Waals surface area contributed by atoms with Crippen molar-refractivity contribution in [2.45, 2.75) is 20.3 Å². The van der Waals surface area contributed by atoms with Crippen molar-refractivity contribution >= 4 is 23.7 Å². The first-order chi connectivity index (χ1) is 11.1. The molecule has 0 aliphatic rings. The highest BCUT2D eigenvalue weighted by Crippen LogP contribution is 2.15.